The van der Waals surface area contributed by atoms with Crippen molar-refractivity contribution in [3.63, 3.8) is 0 Å². The van der Waals surface area contributed by atoms with Gasteiger partial charge in [0.1, 0.15) is 0 Å². The fraction of sp³-hybridized carbons (Fsp3) is 0.625. The molecule has 0 atom stereocenters. The molecule has 0 saturated carbocycles. The minimum Gasteiger partial charge on any atom is -0.303 e. The van der Waals surface area contributed by atoms with Crippen molar-refractivity contribution in [2.75, 3.05) is 32.7 Å². The lowest BCUT2D eigenvalue weighted by molar-refractivity contribution is -0.143. The molecule has 156 valence electrons. The Morgan fingerprint density at radius 2 is 1.22 bits per heavy atom. The van der Waals surface area contributed by atoms with Crippen LogP contribution in [-0.2, 0) is 22.4 Å². The second kappa shape index (κ2) is 8.78. The Hall–Kier alpha value is -1.33. The van der Waals surface area contributed by atoms with Gasteiger partial charge >= 0.3 is 12.4 Å². The van der Waals surface area contributed by atoms with E-state index in [2.05, 4.69) is 0 Å². The quantitative estimate of drug-likeness (QED) is 0.595. The third-order valence-electron chi connectivity index (χ3n) is 4.11. The van der Waals surface area contributed by atoms with E-state index in [-0.39, 0.29) is 31.3 Å². The van der Waals surface area contributed by atoms with Crippen molar-refractivity contribution in [1.29, 1.82) is 0 Å². The predicted octanol–water partition coefficient (Wildman–Crippen LogP) is 4.08. The Morgan fingerprint density at radius 3 is 1.56 bits per heavy atom. The average molecular weight is 420 g/mol. The third kappa shape index (κ3) is 6.08. The normalized spacial score (nSPS) is 13.6. The molecule has 1 aromatic rings. The highest BCUT2D eigenvalue weighted by Gasteiger charge is 2.39. The third-order valence-corrected chi connectivity index (χ3v) is 6.06. The van der Waals surface area contributed by atoms with Gasteiger partial charge < -0.3 is 4.90 Å². The van der Waals surface area contributed by atoms with Crippen molar-refractivity contribution >= 4 is 10.0 Å². The number of rotatable bonds is 8. The number of halogens is 6. The van der Waals surface area contributed by atoms with Gasteiger partial charge in [0.25, 0.3) is 0 Å². The van der Waals surface area contributed by atoms with E-state index in [0.29, 0.717) is 19.6 Å². The molecular formula is C16H22F6N2O2S. The molecule has 0 radical (unpaired) electrons. The molecule has 1 rings (SSSR count). The second-order valence-corrected chi connectivity index (χ2v) is 7.70. The molecule has 0 spiro atoms. The zero-order chi connectivity index (χ0) is 21.0. The van der Waals surface area contributed by atoms with E-state index in [1.165, 1.54) is 6.92 Å². The molecule has 27 heavy (non-hydrogen) atoms. The Morgan fingerprint density at radius 1 is 0.778 bits per heavy atom. The number of benzene rings is 1. The molecule has 11 heteroatoms. The Balaban J connectivity index is 3.38. The fourth-order valence-corrected chi connectivity index (χ4v) is 3.98. The van der Waals surface area contributed by atoms with Gasteiger partial charge in [0.2, 0.25) is 10.0 Å². The molecule has 0 amide bonds. The summed E-state index contributed by atoms with van der Waals surface area (Å²) in [6.45, 7) is 6.64. The SMILES string of the molecule is CCN(CC)CCN(CC)S(=O)(=O)c1cc(C(F)(F)F)cc(C(F)(F)F)c1. The summed E-state index contributed by atoms with van der Waals surface area (Å²) in [4.78, 5) is 0.872. The van der Waals surface area contributed by atoms with Crippen LogP contribution < -0.4 is 0 Å². The summed E-state index contributed by atoms with van der Waals surface area (Å²) >= 11 is 0. The highest BCUT2D eigenvalue weighted by molar-refractivity contribution is 7.89. The molecule has 0 bridgehead atoms. The smallest absolute Gasteiger partial charge is 0.303 e. The minimum atomic E-state index is -5.11. The molecule has 0 heterocycles. The van der Waals surface area contributed by atoms with Crippen molar-refractivity contribution in [3.05, 3.63) is 29.3 Å². The Bertz CT molecular complexity index is 695. The molecule has 4 nitrogen and oxygen atoms in total. The summed E-state index contributed by atoms with van der Waals surface area (Å²) in [6.07, 6.45) is -10.2. The van der Waals surface area contributed by atoms with Gasteiger partial charge in [0.05, 0.1) is 16.0 Å². The first-order valence-corrected chi connectivity index (χ1v) is 9.73. The fourth-order valence-electron chi connectivity index (χ4n) is 2.47. The largest absolute Gasteiger partial charge is 0.416 e. The van der Waals surface area contributed by atoms with Gasteiger partial charge in [-0.1, -0.05) is 20.8 Å². The monoisotopic (exact) mass is 420 g/mol. The van der Waals surface area contributed by atoms with Gasteiger partial charge in [-0.05, 0) is 31.3 Å². The predicted molar refractivity (Wildman–Crippen MR) is 88.7 cm³/mol. The zero-order valence-electron chi connectivity index (χ0n) is 15.2. The molecule has 1 aromatic carbocycles. The molecule has 0 aromatic heterocycles. The first-order valence-electron chi connectivity index (χ1n) is 8.29. The van der Waals surface area contributed by atoms with E-state index in [1.807, 2.05) is 18.7 Å². The number of hydrogen-bond acceptors (Lipinski definition) is 3. The lowest BCUT2D eigenvalue weighted by Gasteiger charge is -2.25. The maximum Gasteiger partial charge on any atom is 0.416 e. The van der Waals surface area contributed by atoms with Crippen LogP contribution in [0.3, 0.4) is 0 Å². The van der Waals surface area contributed by atoms with E-state index >= 15 is 0 Å². The summed E-state index contributed by atoms with van der Waals surface area (Å²) in [5.41, 5.74) is -3.31. The van der Waals surface area contributed by atoms with E-state index in [9.17, 15) is 34.8 Å². The summed E-state index contributed by atoms with van der Waals surface area (Å²) in [7, 11) is -4.52. The lowest BCUT2D eigenvalue weighted by Crippen LogP contribution is -2.38. The van der Waals surface area contributed by atoms with Crippen molar-refractivity contribution in [2.24, 2.45) is 0 Å². The van der Waals surface area contributed by atoms with Crippen LogP contribution >= 0.6 is 0 Å². The number of alkyl halides is 6. The highest BCUT2D eigenvalue weighted by atomic mass is 32.2. The van der Waals surface area contributed by atoms with E-state index in [4.69, 9.17) is 0 Å². The first kappa shape index (κ1) is 23.7. The highest BCUT2D eigenvalue weighted by Crippen LogP contribution is 2.37. The summed E-state index contributed by atoms with van der Waals surface area (Å²) in [5.74, 6) is 0. The summed E-state index contributed by atoms with van der Waals surface area (Å²) in [6, 6.07) is 0.389. The van der Waals surface area contributed by atoms with Crippen LogP contribution in [0.4, 0.5) is 26.3 Å². The van der Waals surface area contributed by atoms with Crippen LogP contribution in [-0.4, -0.2) is 50.3 Å². The van der Waals surface area contributed by atoms with Gasteiger partial charge in [-0.25, -0.2) is 8.42 Å². The van der Waals surface area contributed by atoms with Crippen molar-refractivity contribution in [1.82, 2.24) is 9.21 Å². The van der Waals surface area contributed by atoms with Crippen molar-refractivity contribution in [2.45, 2.75) is 38.0 Å². The first-order chi connectivity index (χ1) is 12.3. The van der Waals surface area contributed by atoms with Crippen LogP contribution in [0, 0.1) is 0 Å². The minimum absolute atomic E-state index is 0.0435. The summed E-state index contributed by atoms with van der Waals surface area (Å²) < 4.78 is 104. The number of hydrogen-bond donors (Lipinski definition) is 0. The molecule has 0 aliphatic carbocycles. The molecule has 0 aliphatic rings. The van der Waals surface area contributed by atoms with Crippen LogP contribution in [0.1, 0.15) is 31.9 Å². The van der Waals surface area contributed by atoms with Gasteiger partial charge in [-0.2, -0.15) is 30.6 Å². The van der Waals surface area contributed by atoms with Crippen molar-refractivity contribution < 1.29 is 34.8 Å². The number of nitrogens with zero attached hydrogens (tertiary/aromatic N) is 2. The van der Waals surface area contributed by atoms with Gasteiger partial charge in [-0.15, -0.1) is 0 Å². The standard InChI is InChI=1S/C16H22F6N2O2S/c1-4-23(5-2)7-8-24(6-3)27(25,26)14-10-12(15(17,18)19)9-13(11-14)16(20,21)22/h9-11H,4-8H2,1-3H3. The lowest BCUT2D eigenvalue weighted by atomic mass is 10.1. The van der Waals surface area contributed by atoms with E-state index in [0.717, 1.165) is 4.31 Å². The van der Waals surface area contributed by atoms with E-state index in [1.54, 1.807) is 0 Å². The van der Waals surface area contributed by atoms with E-state index < -0.39 is 38.4 Å². The van der Waals surface area contributed by atoms with Crippen LogP contribution in [0.5, 0.6) is 0 Å². The molecule has 0 aliphatic heterocycles. The zero-order valence-corrected chi connectivity index (χ0v) is 16.0. The number of sulfonamides is 1. The molecular weight excluding hydrogens is 398 g/mol. The maximum absolute atomic E-state index is 13.0. The molecule has 0 saturated heterocycles. The summed E-state index contributed by atoms with van der Waals surface area (Å²) in [5, 5.41) is 0. The van der Waals surface area contributed by atoms with Crippen molar-refractivity contribution in [3.8, 4) is 0 Å². The van der Waals surface area contributed by atoms with Gasteiger partial charge in [0.15, 0.2) is 0 Å². The molecule has 0 N–H and O–H groups in total. The second-order valence-electron chi connectivity index (χ2n) is 5.77. The van der Waals surface area contributed by atoms with Crippen LogP contribution in [0.25, 0.3) is 0 Å². The molecule has 0 unspecified atom stereocenters. The topological polar surface area (TPSA) is 40.6 Å². The number of likely N-dealkylation sites (N-methyl/N-ethyl adjacent to an activating group) is 2. The molecule has 0 fully saturated rings. The average Bonchev–Trinajstić information content (AvgIpc) is 2.56. The van der Waals surface area contributed by atoms with Crippen LogP contribution in [0.2, 0.25) is 0 Å². The van der Waals surface area contributed by atoms with Gasteiger partial charge in [0, 0.05) is 19.6 Å². The maximum atomic E-state index is 13.0. The van der Waals surface area contributed by atoms with Gasteiger partial charge in [-0.3, -0.25) is 0 Å². The van der Waals surface area contributed by atoms with Crippen LogP contribution in [0.15, 0.2) is 23.1 Å². The Labute approximate surface area is 154 Å². The Kier molecular flexibility index (Phi) is 7.71.